The van der Waals surface area contributed by atoms with E-state index in [2.05, 4.69) is 11.2 Å². The van der Waals surface area contributed by atoms with Crippen LogP contribution in [0.4, 0.5) is 17.1 Å². The van der Waals surface area contributed by atoms with E-state index >= 15 is 0 Å². The van der Waals surface area contributed by atoms with E-state index in [-0.39, 0.29) is 5.78 Å². The van der Waals surface area contributed by atoms with Crippen molar-refractivity contribution in [3.63, 3.8) is 0 Å². The Morgan fingerprint density at radius 2 is 1.85 bits per heavy atom. The van der Waals surface area contributed by atoms with Crippen molar-refractivity contribution < 1.29 is 4.79 Å². The molecule has 3 N–H and O–H groups in total. The quantitative estimate of drug-likeness (QED) is 0.382. The molecule has 0 fully saturated rings. The maximum Gasteiger partial charge on any atom is 0.194 e. The monoisotopic (exact) mass is 360 g/mol. The lowest BCUT2D eigenvalue weighted by molar-refractivity contribution is 0.103. The maximum atomic E-state index is 12.9. The van der Waals surface area contributed by atoms with Crippen molar-refractivity contribution in [1.82, 2.24) is 0 Å². The van der Waals surface area contributed by atoms with E-state index in [1.807, 2.05) is 43.3 Å². The Balaban J connectivity index is 1.92. The summed E-state index contributed by atoms with van der Waals surface area (Å²) >= 11 is 6.37. The van der Waals surface area contributed by atoms with E-state index in [1.54, 1.807) is 24.3 Å². The zero-order chi connectivity index (χ0) is 18.7. The van der Waals surface area contributed by atoms with Gasteiger partial charge in [-0.15, -0.1) is 6.42 Å². The summed E-state index contributed by atoms with van der Waals surface area (Å²) < 4.78 is 0. The van der Waals surface area contributed by atoms with Crippen molar-refractivity contribution in [3.05, 3.63) is 87.9 Å². The van der Waals surface area contributed by atoms with Crippen LogP contribution in [0.1, 0.15) is 27.0 Å². The SMILES string of the molecule is C#Cc1ccc(C)c(C(=O)c2ccc(Nc3ccccc3N)cc2Cl)c1. The minimum absolute atomic E-state index is 0.157. The molecule has 0 saturated heterocycles. The molecule has 0 aliphatic rings. The van der Waals surface area contributed by atoms with Crippen molar-refractivity contribution in [3.8, 4) is 12.3 Å². The molecule has 128 valence electrons. The fraction of sp³-hybridized carbons (Fsp3) is 0.0455. The number of hydrogen-bond acceptors (Lipinski definition) is 3. The first kappa shape index (κ1) is 17.6. The number of nitrogen functional groups attached to an aromatic ring is 1. The van der Waals surface area contributed by atoms with Crippen LogP contribution >= 0.6 is 11.6 Å². The number of halogens is 1. The highest BCUT2D eigenvalue weighted by Gasteiger charge is 2.16. The van der Waals surface area contributed by atoms with Gasteiger partial charge in [0.1, 0.15) is 0 Å². The normalized spacial score (nSPS) is 10.2. The van der Waals surface area contributed by atoms with Crippen LogP contribution in [0.5, 0.6) is 0 Å². The van der Waals surface area contributed by atoms with Crippen molar-refractivity contribution in [2.24, 2.45) is 0 Å². The fourth-order valence-corrected chi connectivity index (χ4v) is 2.91. The summed E-state index contributed by atoms with van der Waals surface area (Å²) in [7, 11) is 0. The van der Waals surface area contributed by atoms with Crippen LogP contribution in [0, 0.1) is 19.3 Å². The van der Waals surface area contributed by atoms with Gasteiger partial charge in [0.15, 0.2) is 5.78 Å². The van der Waals surface area contributed by atoms with Gasteiger partial charge in [-0.25, -0.2) is 0 Å². The van der Waals surface area contributed by atoms with Crippen LogP contribution in [-0.2, 0) is 0 Å². The third kappa shape index (κ3) is 3.56. The number of rotatable bonds is 4. The predicted octanol–water partition coefficient (Wildman–Crippen LogP) is 5.19. The summed E-state index contributed by atoms with van der Waals surface area (Å²) in [5, 5.41) is 3.56. The summed E-state index contributed by atoms with van der Waals surface area (Å²) in [4.78, 5) is 12.9. The third-order valence-corrected chi connectivity index (χ3v) is 4.42. The van der Waals surface area contributed by atoms with Gasteiger partial charge in [-0.05, 0) is 55.0 Å². The van der Waals surface area contributed by atoms with Gasteiger partial charge in [-0.3, -0.25) is 4.79 Å². The predicted molar refractivity (Wildman–Crippen MR) is 108 cm³/mol. The van der Waals surface area contributed by atoms with Crippen molar-refractivity contribution in [1.29, 1.82) is 0 Å². The maximum absolute atomic E-state index is 12.9. The number of hydrogen-bond donors (Lipinski definition) is 2. The molecule has 0 aliphatic heterocycles. The highest BCUT2D eigenvalue weighted by molar-refractivity contribution is 6.35. The van der Waals surface area contributed by atoms with Gasteiger partial charge in [-0.1, -0.05) is 35.7 Å². The number of para-hydroxylation sites is 2. The third-order valence-electron chi connectivity index (χ3n) is 4.10. The Hall–Kier alpha value is -3.22. The molecule has 0 bridgehead atoms. The van der Waals surface area contributed by atoms with Gasteiger partial charge in [-0.2, -0.15) is 0 Å². The molecule has 0 spiro atoms. The number of nitrogens with one attached hydrogen (secondary N) is 1. The van der Waals surface area contributed by atoms with E-state index in [0.29, 0.717) is 27.4 Å². The molecule has 3 aromatic carbocycles. The lowest BCUT2D eigenvalue weighted by Crippen LogP contribution is -2.05. The first-order valence-corrected chi connectivity index (χ1v) is 8.40. The molecule has 0 radical (unpaired) electrons. The van der Waals surface area contributed by atoms with Gasteiger partial charge < -0.3 is 11.1 Å². The van der Waals surface area contributed by atoms with Gasteiger partial charge >= 0.3 is 0 Å². The zero-order valence-electron chi connectivity index (χ0n) is 14.2. The summed E-state index contributed by atoms with van der Waals surface area (Å²) in [6, 6.07) is 18.0. The number of nitrogens with two attached hydrogens (primary N) is 1. The number of anilines is 3. The highest BCUT2D eigenvalue weighted by atomic mass is 35.5. The second-order valence-corrected chi connectivity index (χ2v) is 6.32. The van der Waals surface area contributed by atoms with E-state index < -0.39 is 0 Å². The number of benzene rings is 3. The fourth-order valence-electron chi connectivity index (χ4n) is 2.64. The first-order valence-electron chi connectivity index (χ1n) is 8.02. The number of terminal acetylenes is 1. The number of carbonyl (C=O) groups is 1. The lowest BCUT2D eigenvalue weighted by Gasteiger charge is -2.12. The summed E-state index contributed by atoms with van der Waals surface area (Å²) in [5.41, 5.74) is 10.6. The standard InChI is InChI=1S/C22H17ClN2O/c1-3-15-9-8-14(2)18(12-15)22(26)17-11-10-16(13-19(17)23)25-21-7-5-4-6-20(21)24/h1,4-13,25H,24H2,2H3. The molecule has 0 saturated carbocycles. The number of aryl methyl sites for hydroxylation is 1. The second-order valence-electron chi connectivity index (χ2n) is 5.91. The summed E-state index contributed by atoms with van der Waals surface area (Å²) in [5.74, 6) is 2.39. The largest absolute Gasteiger partial charge is 0.397 e. The highest BCUT2D eigenvalue weighted by Crippen LogP contribution is 2.28. The molecule has 3 nitrogen and oxygen atoms in total. The van der Waals surface area contributed by atoms with E-state index in [4.69, 9.17) is 23.8 Å². The van der Waals surface area contributed by atoms with Gasteiger partial charge in [0.05, 0.1) is 16.4 Å². The van der Waals surface area contributed by atoms with Crippen LogP contribution in [-0.4, -0.2) is 5.78 Å². The van der Waals surface area contributed by atoms with Crippen LogP contribution in [0.2, 0.25) is 5.02 Å². The molecular formula is C22H17ClN2O. The molecule has 3 aromatic rings. The summed E-state index contributed by atoms with van der Waals surface area (Å²) in [6.45, 7) is 1.87. The first-order chi connectivity index (χ1) is 12.5. The molecule has 0 aliphatic carbocycles. The second kappa shape index (κ2) is 7.35. The molecule has 0 atom stereocenters. The molecule has 0 heterocycles. The van der Waals surface area contributed by atoms with Crippen LogP contribution < -0.4 is 11.1 Å². The van der Waals surface area contributed by atoms with Gasteiger partial charge in [0, 0.05) is 22.4 Å². The zero-order valence-corrected chi connectivity index (χ0v) is 15.0. The molecular weight excluding hydrogens is 344 g/mol. The van der Waals surface area contributed by atoms with Crippen molar-refractivity contribution in [2.45, 2.75) is 6.92 Å². The van der Waals surface area contributed by atoms with Crippen LogP contribution in [0.25, 0.3) is 0 Å². The Labute approximate surface area is 157 Å². The molecule has 0 aromatic heterocycles. The van der Waals surface area contributed by atoms with Gasteiger partial charge in [0.25, 0.3) is 0 Å². The van der Waals surface area contributed by atoms with Crippen molar-refractivity contribution in [2.75, 3.05) is 11.1 Å². The topological polar surface area (TPSA) is 55.1 Å². The minimum Gasteiger partial charge on any atom is -0.397 e. The summed E-state index contributed by atoms with van der Waals surface area (Å²) in [6.07, 6.45) is 5.44. The van der Waals surface area contributed by atoms with Crippen LogP contribution in [0.3, 0.4) is 0 Å². The smallest absolute Gasteiger partial charge is 0.194 e. The average molecular weight is 361 g/mol. The minimum atomic E-state index is -0.157. The Morgan fingerprint density at radius 3 is 2.54 bits per heavy atom. The van der Waals surface area contributed by atoms with E-state index in [9.17, 15) is 4.79 Å². The van der Waals surface area contributed by atoms with Crippen LogP contribution in [0.15, 0.2) is 60.7 Å². The molecule has 0 unspecified atom stereocenters. The number of ketones is 1. The Bertz CT molecular complexity index is 1030. The Kier molecular flexibility index (Phi) is 4.97. The van der Waals surface area contributed by atoms with Crippen molar-refractivity contribution >= 4 is 34.4 Å². The molecule has 3 rings (SSSR count). The van der Waals surface area contributed by atoms with E-state index in [0.717, 1.165) is 16.9 Å². The lowest BCUT2D eigenvalue weighted by atomic mass is 9.97. The molecule has 26 heavy (non-hydrogen) atoms. The van der Waals surface area contributed by atoms with Gasteiger partial charge in [0.2, 0.25) is 0 Å². The molecule has 4 heteroatoms. The number of carbonyl (C=O) groups excluding carboxylic acids is 1. The Morgan fingerprint density at radius 1 is 1.08 bits per heavy atom. The van der Waals surface area contributed by atoms with E-state index in [1.165, 1.54) is 0 Å². The average Bonchev–Trinajstić information content (AvgIpc) is 2.64. The molecule has 0 amide bonds.